The molecule has 25 heavy (non-hydrogen) atoms. The first-order valence-electron chi connectivity index (χ1n) is 7.87. The Morgan fingerprint density at radius 3 is 1.96 bits per heavy atom. The minimum Gasteiger partial charge on any atom is -0.444 e. The van der Waals surface area contributed by atoms with Gasteiger partial charge in [0.2, 0.25) is 0 Å². The van der Waals surface area contributed by atoms with Gasteiger partial charge in [-0.05, 0) is 41.5 Å². The van der Waals surface area contributed by atoms with Gasteiger partial charge in [0.1, 0.15) is 17.0 Å². The number of nitrogens with zero attached hydrogens (tertiary/aromatic N) is 1. The van der Waals surface area contributed by atoms with Crippen molar-refractivity contribution >= 4 is 12.2 Å². The van der Waals surface area contributed by atoms with Crippen LogP contribution in [0.15, 0.2) is 10.9 Å². The summed E-state index contributed by atoms with van der Waals surface area (Å²) in [5.41, 5.74) is -1.29. The zero-order chi connectivity index (χ0) is 19.3. The lowest BCUT2D eigenvalue weighted by molar-refractivity contribution is 0.0513. The van der Waals surface area contributed by atoms with Crippen LogP contribution in [0.1, 0.15) is 53.1 Å². The van der Waals surface area contributed by atoms with Crippen LogP contribution in [0.4, 0.5) is 9.59 Å². The first-order valence-corrected chi connectivity index (χ1v) is 7.87. The summed E-state index contributed by atoms with van der Waals surface area (Å²) in [4.78, 5) is 41.6. The van der Waals surface area contributed by atoms with Crippen molar-refractivity contribution in [3.05, 3.63) is 27.9 Å². The summed E-state index contributed by atoms with van der Waals surface area (Å²) in [6.07, 6.45) is -1.23. The number of hydrogen-bond donors (Lipinski definition) is 3. The lowest BCUT2D eigenvalue weighted by Crippen LogP contribution is -2.34. The quantitative estimate of drug-likeness (QED) is 0.758. The van der Waals surface area contributed by atoms with Crippen molar-refractivity contribution in [2.45, 2.75) is 65.8 Å². The number of carbonyl (C=O) groups is 2. The van der Waals surface area contributed by atoms with Gasteiger partial charge < -0.3 is 25.1 Å². The van der Waals surface area contributed by atoms with Crippen LogP contribution in [-0.2, 0) is 22.6 Å². The molecular formula is C16H26N4O5. The van der Waals surface area contributed by atoms with E-state index in [1.807, 2.05) is 0 Å². The summed E-state index contributed by atoms with van der Waals surface area (Å²) in [5.74, 6) is 0.249. The van der Waals surface area contributed by atoms with Crippen LogP contribution in [0.25, 0.3) is 0 Å². The lowest BCUT2D eigenvalue weighted by atomic mass is 10.2. The van der Waals surface area contributed by atoms with Crippen LogP contribution in [0, 0.1) is 0 Å². The van der Waals surface area contributed by atoms with Gasteiger partial charge >= 0.3 is 12.2 Å². The highest BCUT2D eigenvalue weighted by Crippen LogP contribution is 2.07. The number of carbonyl (C=O) groups excluding carboxylic acids is 2. The van der Waals surface area contributed by atoms with E-state index in [0.717, 1.165) is 0 Å². The van der Waals surface area contributed by atoms with E-state index in [0.29, 0.717) is 5.69 Å². The Balaban J connectivity index is 2.63. The molecule has 0 aliphatic heterocycles. The lowest BCUT2D eigenvalue weighted by Gasteiger charge is -2.20. The average molecular weight is 354 g/mol. The zero-order valence-electron chi connectivity index (χ0n) is 15.5. The monoisotopic (exact) mass is 354 g/mol. The summed E-state index contributed by atoms with van der Waals surface area (Å²) in [5, 5.41) is 5.02. The molecule has 1 aromatic rings. The molecule has 0 aliphatic carbocycles. The van der Waals surface area contributed by atoms with Crippen LogP contribution in [0.5, 0.6) is 0 Å². The molecule has 0 saturated carbocycles. The number of nitrogens with one attached hydrogen (secondary N) is 3. The highest BCUT2D eigenvalue weighted by Gasteiger charge is 2.17. The van der Waals surface area contributed by atoms with Gasteiger partial charge in [0.05, 0.1) is 18.8 Å². The molecule has 2 amide bonds. The largest absolute Gasteiger partial charge is 0.444 e. The predicted octanol–water partition coefficient (Wildman–Crippen LogP) is 1.82. The molecule has 0 aliphatic rings. The Labute approximate surface area is 146 Å². The van der Waals surface area contributed by atoms with E-state index in [1.54, 1.807) is 41.5 Å². The highest BCUT2D eigenvalue weighted by atomic mass is 16.6. The first kappa shape index (κ1) is 20.5. The molecule has 9 nitrogen and oxygen atoms in total. The molecule has 1 aromatic heterocycles. The van der Waals surface area contributed by atoms with Gasteiger partial charge in [0.15, 0.2) is 0 Å². The second-order valence-electron chi connectivity index (χ2n) is 7.39. The maximum Gasteiger partial charge on any atom is 0.408 e. The summed E-state index contributed by atoms with van der Waals surface area (Å²) >= 11 is 0. The normalized spacial score (nSPS) is 11.6. The molecule has 140 valence electrons. The third-order valence-corrected chi connectivity index (χ3v) is 2.46. The van der Waals surface area contributed by atoms with E-state index in [1.165, 1.54) is 6.07 Å². The fourth-order valence-electron chi connectivity index (χ4n) is 1.68. The van der Waals surface area contributed by atoms with Crippen molar-refractivity contribution < 1.29 is 19.1 Å². The Morgan fingerprint density at radius 1 is 1.00 bits per heavy atom. The fraction of sp³-hybridized carbons (Fsp3) is 0.625. The van der Waals surface area contributed by atoms with Gasteiger partial charge in [-0.1, -0.05) is 0 Å². The number of rotatable bonds is 4. The van der Waals surface area contributed by atoms with Gasteiger partial charge in [-0.15, -0.1) is 0 Å². The van der Waals surface area contributed by atoms with Crippen molar-refractivity contribution in [3.8, 4) is 0 Å². The van der Waals surface area contributed by atoms with Gasteiger partial charge in [-0.3, -0.25) is 4.79 Å². The minimum absolute atomic E-state index is 0.00949. The number of hydrogen-bond acceptors (Lipinski definition) is 6. The Hall–Kier alpha value is -2.58. The van der Waals surface area contributed by atoms with E-state index < -0.39 is 28.9 Å². The van der Waals surface area contributed by atoms with Crippen molar-refractivity contribution in [2.24, 2.45) is 0 Å². The molecule has 0 saturated heterocycles. The van der Waals surface area contributed by atoms with Gasteiger partial charge in [0, 0.05) is 6.07 Å². The van der Waals surface area contributed by atoms with Crippen molar-refractivity contribution in [1.29, 1.82) is 0 Å². The number of amides is 2. The number of H-pyrrole nitrogens is 1. The maximum atomic E-state index is 11.7. The third-order valence-electron chi connectivity index (χ3n) is 2.46. The second kappa shape index (κ2) is 8.00. The van der Waals surface area contributed by atoms with Crippen molar-refractivity contribution in [3.63, 3.8) is 0 Å². The molecule has 0 aromatic carbocycles. The molecular weight excluding hydrogens is 328 g/mol. The van der Waals surface area contributed by atoms with Crippen LogP contribution in [0.2, 0.25) is 0 Å². The molecule has 0 atom stereocenters. The van der Waals surface area contributed by atoms with E-state index in [4.69, 9.17) is 9.47 Å². The Kier molecular flexibility index (Phi) is 6.55. The van der Waals surface area contributed by atoms with E-state index >= 15 is 0 Å². The molecule has 0 bridgehead atoms. The fourth-order valence-corrected chi connectivity index (χ4v) is 1.68. The zero-order valence-corrected chi connectivity index (χ0v) is 15.5. The van der Waals surface area contributed by atoms with Crippen LogP contribution in [-0.4, -0.2) is 33.4 Å². The molecule has 3 N–H and O–H groups in total. The average Bonchev–Trinajstić information content (AvgIpc) is 2.39. The summed E-state index contributed by atoms with van der Waals surface area (Å²) < 4.78 is 10.2. The second-order valence-corrected chi connectivity index (χ2v) is 7.39. The molecule has 1 rings (SSSR count). The maximum absolute atomic E-state index is 11.7. The van der Waals surface area contributed by atoms with E-state index in [9.17, 15) is 14.4 Å². The topological polar surface area (TPSA) is 122 Å². The van der Waals surface area contributed by atoms with Gasteiger partial charge in [-0.25, -0.2) is 14.6 Å². The highest BCUT2D eigenvalue weighted by molar-refractivity contribution is 5.68. The summed E-state index contributed by atoms with van der Waals surface area (Å²) in [7, 11) is 0. The molecule has 0 spiro atoms. The molecule has 0 unspecified atom stereocenters. The molecule has 9 heteroatoms. The number of aromatic amines is 1. The van der Waals surface area contributed by atoms with E-state index in [-0.39, 0.29) is 18.9 Å². The van der Waals surface area contributed by atoms with Crippen LogP contribution in [0.3, 0.4) is 0 Å². The smallest absolute Gasteiger partial charge is 0.408 e. The van der Waals surface area contributed by atoms with Crippen molar-refractivity contribution in [2.75, 3.05) is 0 Å². The van der Waals surface area contributed by atoms with Crippen LogP contribution >= 0.6 is 0 Å². The summed E-state index contributed by atoms with van der Waals surface area (Å²) in [6, 6.07) is 1.26. The number of alkyl carbamates (subject to hydrolysis) is 2. The Bertz CT molecular complexity index is 617. The standard InChI is InChI=1S/C16H26N4O5/c1-15(2,3)24-13(22)17-8-10-7-12(21)20-11(19-10)9-18-14(23)25-16(4,5)6/h7H,8-9H2,1-6H3,(H,17,22)(H,18,23)(H,19,20,21). The third kappa shape index (κ3) is 9.33. The molecule has 0 radical (unpaired) electrons. The number of aromatic nitrogens is 2. The van der Waals surface area contributed by atoms with Crippen molar-refractivity contribution in [1.82, 2.24) is 20.6 Å². The Morgan fingerprint density at radius 2 is 1.48 bits per heavy atom. The van der Waals surface area contributed by atoms with E-state index in [2.05, 4.69) is 20.6 Å². The SMILES string of the molecule is CC(C)(C)OC(=O)NCc1cc(=O)[nH]c(CNC(=O)OC(C)(C)C)n1. The first-order chi connectivity index (χ1) is 11.3. The number of ether oxygens (including phenoxy) is 2. The molecule has 1 heterocycles. The minimum atomic E-state index is -0.621. The summed E-state index contributed by atoms with van der Waals surface area (Å²) in [6.45, 7) is 10.5. The predicted molar refractivity (Wildman–Crippen MR) is 91.0 cm³/mol. The van der Waals surface area contributed by atoms with Gasteiger partial charge in [-0.2, -0.15) is 0 Å². The molecule has 0 fully saturated rings. The van der Waals surface area contributed by atoms with Crippen LogP contribution < -0.4 is 16.2 Å². The van der Waals surface area contributed by atoms with Gasteiger partial charge in [0.25, 0.3) is 5.56 Å².